The summed E-state index contributed by atoms with van der Waals surface area (Å²) in [5, 5.41) is 10.6. The molecule has 0 aromatic carbocycles. The van der Waals surface area contributed by atoms with Crippen LogP contribution in [0.25, 0.3) is 0 Å². The van der Waals surface area contributed by atoms with Crippen LogP contribution >= 0.6 is 0 Å². The molecule has 94 valence electrons. The highest BCUT2D eigenvalue weighted by Gasteiger charge is 2.36. The quantitative estimate of drug-likeness (QED) is 0.869. The highest BCUT2D eigenvalue weighted by Crippen LogP contribution is 2.40. The maximum atomic E-state index is 10.6. The molecule has 0 spiro atoms. The van der Waals surface area contributed by atoms with Crippen LogP contribution in [0.1, 0.15) is 57.2 Å². The maximum absolute atomic E-state index is 10.6. The third-order valence-electron chi connectivity index (χ3n) is 4.33. The Labute approximate surface area is 104 Å². The topological polar surface area (TPSA) is 33.1 Å². The van der Waals surface area contributed by atoms with Gasteiger partial charge in [0.1, 0.15) is 0 Å². The summed E-state index contributed by atoms with van der Waals surface area (Å²) in [6.45, 7) is 6.44. The number of aliphatic hydroxyl groups is 1. The normalized spacial score (nSPS) is 22.0. The molecule has 0 saturated heterocycles. The van der Waals surface area contributed by atoms with Gasteiger partial charge in [-0.05, 0) is 42.7 Å². The van der Waals surface area contributed by atoms with Crippen LogP contribution in [-0.4, -0.2) is 16.2 Å². The van der Waals surface area contributed by atoms with Crippen LogP contribution in [0.3, 0.4) is 0 Å². The van der Waals surface area contributed by atoms with Gasteiger partial charge in [-0.1, -0.05) is 26.8 Å². The highest BCUT2D eigenvalue weighted by atomic mass is 16.3. The van der Waals surface area contributed by atoms with E-state index >= 15 is 0 Å². The Morgan fingerprint density at radius 2 is 2.29 bits per heavy atom. The van der Waals surface area contributed by atoms with Gasteiger partial charge in [-0.15, -0.1) is 0 Å². The van der Waals surface area contributed by atoms with Crippen LogP contribution in [0.15, 0.2) is 18.3 Å². The average Bonchev–Trinajstić information content (AvgIpc) is 2.37. The van der Waals surface area contributed by atoms with Gasteiger partial charge in [-0.3, -0.25) is 4.98 Å². The molecule has 2 unspecified atom stereocenters. The third-order valence-corrected chi connectivity index (χ3v) is 4.33. The van der Waals surface area contributed by atoms with Crippen LogP contribution in [-0.2, 0) is 6.42 Å². The second-order valence-electron chi connectivity index (χ2n) is 5.83. The van der Waals surface area contributed by atoms with E-state index in [0.29, 0.717) is 0 Å². The first kappa shape index (κ1) is 12.6. The Balaban J connectivity index is 2.30. The number of rotatable bonds is 3. The molecule has 1 heterocycles. The molecule has 2 heteroatoms. The van der Waals surface area contributed by atoms with E-state index in [0.717, 1.165) is 25.0 Å². The number of hydrogen-bond donors (Lipinski definition) is 1. The van der Waals surface area contributed by atoms with E-state index in [1.807, 2.05) is 12.3 Å². The van der Waals surface area contributed by atoms with Crippen LogP contribution < -0.4 is 0 Å². The van der Waals surface area contributed by atoms with Crippen molar-refractivity contribution in [1.29, 1.82) is 0 Å². The molecule has 0 bridgehead atoms. The summed E-state index contributed by atoms with van der Waals surface area (Å²) in [6, 6.07) is 4.15. The zero-order valence-electron chi connectivity index (χ0n) is 11.1. The van der Waals surface area contributed by atoms with Gasteiger partial charge in [0, 0.05) is 17.8 Å². The zero-order valence-corrected chi connectivity index (χ0v) is 11.1. The average molecular weight is 233 g/mol. The summed E-state index contributed by atoms with van der Waals surface area (Å²) in [5.41, 5.74) is 2.43. The number of aromatic nitrogens is 1. The van der Waals surface area contributed by atoms with Gasteiger partial charge in [0.15, 0.2) is 0 Å². The maximum Gasteiger partial charge on any atom is 0.0674 e. The molecular weight excluding hydrogens is 210 g/mol. The Kier molecular flexibility index (Phi) is 3.53. The molecule has 2 rings (SSSR count). The van der Waals surface area contributed by atoms with E-state index in [-0.39, 0.29) is 17.4 Å². The van der Waals surface area contributed by atoms with Gasteiger partial charge in [-0.25, -0.2) is 0 Å². The Morgan fingerprint density at radius 1 is 1.53 bits per heavy atom. The lowest BCUT2D eigenvalue weighted by molar-refractivity contribution is 0.0185. The van der Waals surface area contributed by atoms with Crippen molar-refractivity contribution in [1.82, 2.24) is 4.98 Å². The van der Waals surface area contributed by atoms with Gasteiger partial charge < -0.3 is 5.11 Å². The number of hydrogen-bond acceptors (Lipinski definition) is 2. The second-order valence-corrected chi connectivity index (χ2v) is 5.83. The third kappa shape index (κ3) is 2.37. The standard InChI is InChI=1S/C15H23NO/c1-4-15(2,3)14(17)12-9-5-7-11-8-6-10-16-13(11)12/h6,8,10,12,14,17H,4-5,7,9H2,1-3H3. The molecular formula is C15H23NO. The fourth-order valence-electron chi connectivity index (χ4n) is 2.71. The van der Waals surface area contributed by atoms with E-state index in [2.05, 4.69) is 31.8 Å². The lowest BCUT2D eigenvalue weighted by Crippen LogP contribution is -2.36. The minimum absolute atomic E-state index is 0.0310. The summed E-state index contributed by atoms with van der Waals surface area (Å²) < 4.78 is 0. The first-order valence-electron chi connectivity index (χ1n) is 6.68. The molecule has 1 aliphatic rings. The van der Waals surface area contributed by atoms with Gasteiger partial charge in [0.25, 0.3) is 0 Å². The van der Waals surface area contributed by atoms with Crippen molar-refractivity contribution in [3.8, 4) is 0 Å². The molecule has 1 aromatic heterocycles. The molecule has 0 saturated carbocycles. The molecule has 2 atom stereocenters. The molecule has 0 aliphatic heterocycles. The monoisotopic (exact) mass is 233 g/mol. The van der Waals surface area contributed by atoms with Crippen molar-refractivity contribution in [2.24, 2.45) is 5.41 Å². The Morgan fingerprint density at radius 3 is 3.00 bits per heavy atom. The summed E-state index contributed by atoms with van der Waals surface area (Å²) in [6.07, 6.45) is 5.89. The number of aliphatic hydroxyl groups excluding tert-OH is 1. The Hall–Kier alpha value is -0.890. The predicted molar refractivity (Wildman–Crippen MR) is 70.0 cm³/mol. The molecule has 1 aromatic rings. The number of pyridine rings is 1. The van der Waals surface area contributed by atoms with E-state index in [1.54, 1.807) is 0 Å². The largest absolute Gasteiger partial charge is 0.392 e. The Bertz CT molecular complexity index is 386. The van der Waals surface area contributed by atoms with Crippen LogP contribution in [0.2, 0.25) is 0 Å². The highest BCUT2D eigenvalue weighted by molar-refractivity contribution is 5.27. The molecule has 0 fully saturated rings. The number of nitrogens with zero attached hydrogens (tertiary/aromatic N) is 1. The van der Waals surface area contributed by atoms with Crippen molar-refractivity contribution in [2.75, 3.05) is 0 Å². The lowest BCUT2D eigenvalue weighted by atomic mass is 9.72. The van der Waals surface area contributed by atoms with Crippen molar-refractivity contribution < 1.29 is 5.11 Å². The first-order chi connectivity index (χ1) is 8.06. The lowest BCUT2D eigenvalue weighted by Gasteiger charge is -2.37. The minimum Gasteiger partial charge on any atom is -0.392 e. The fraction of sp³-hybridized carbons (Fsp3) is 0.667. The predicted octanol–water partition coefficient (Wildman–Crippen LogP) is 3.30. The summed E-state index contributed by atoms with van der Waals surface area (Å²) in [5.74, 6) is 0.218. The molecule has 17 heavy (non-hydrogen) atoms. The van der Waals surface area contributed by atoms with Crippen LogP contribution in [0.5, 0.6) is 0 Å². The number of fused-ring (bicyclic) bond motifs is 1. The second kappa shape index (κ2) is 4.77. The first-order valence-corrected chi connectivity index (χ1v) is 6.68. The van der Waals surface area contributed by atoms with Gasteiger partial charge >= 0.3 is 0 Å². The SMILES string of the molecule is CCC(C)(C)C(O)C1CCCc2cccnc21. The number of aryl methyl sites for hydroxylation is 1. The van der Waals surface area contributed by atoms with Gasteiger partial charge in [0.05, 0.1) is 6.10 Å². The minimum atomic E-state index is -0.290. The van der Waals surface area contributed by atoms with Gasteiger partial charge in [0.2, 0.25) is 0 Å². The molecule has 1 aliphatic carbocycles. The molecule has 0 amide bonds. The zero-order chi connectivity index (χ0) is 12.5. The van der Waals surface area contributed by atoms with Crippen LogP contribution in [0.4, 0.5) is 0 Å². The molecule has 0 radical (unpaired) electrons. The summed E-state index contributed by atoms with van der Waals surface area (Å²) in [7, 11) is 0. The van der Waals surface area contributed by atoms with E-state index in [4.69, 9.17) is 0 Å². The van der Waals surface area contributed by atoms with E-state index < -0.39 is 0 Å². The summed E-state index contributed by atoms with van der Waals surface area (Å²) >= 11 is 0. The van der Waals surface area contributed by atoms with Crippen molar-refractivity contribution in [3.05, 3.63) is 29.6 Å². The van der Waals surface area contributed by atoms with E-state index in [1.165, 1.54) is 12.0 Å². The molecule has 2 nitrogen and oxygen atoms in total. The van der Waals surface area contributed by atoms with E-state index in [9.17, 15) is 5.11 Å². The van der Waals surface area contributed by atoms with Crippen molar-refractivity contribution in [3.63, 3.8) is 0 Å². The smallest absolute Gasteiger partial charge is 0.0674 e. The van der Waals surface area contributed by atoms with Gasteiger partial charge in [-0.2, -0.15) is 0 Å². The van der Waals surface area contributed by atoms with Crippen LogP contribution in [0, 0.1) is 5.41 Å². The van der Waals surface area contributed by atoms with Crippen molar-refractivity contribution in [2.45, 2.75) is 58.5 Å². The molecule has 1 N–H and O–H groups in total. The van der Waals surface area contributed by atoms with Crippen molar-refractivity contribution >= 4 is 0 Å². The fourth-order valence-corrected chi connectivity index (χ4v) is 2.71. The summed E-state index contributed by atoms with van der Waals surface area (Å²) in [4.78, 5) is 4.51.